The predicted molar refractivity (Wildman–Crippen MR) is 73.5 cm³/mol. The van der Waals surface area contributed by atoms with E-state index in [1.165, 1.54) is 12.8 Å². The Labute approximate surface area is 118 Å². The minimum atomic E-state index is -1.02. The Morgan fingerprint density at radius 1 is 1.40 bits per heavy atom. The molecule has 1 aliphatic rings. The summed E-state index contributed by atoms with van der Waals surface area (Å²) in [5.41, 5.74) is 0.281. The highest BCUT2D eigenvalue weighted by Crippen LogP contribution is 2.28. The quantitative estimate of drug-likeness (QED) is 0.861. The first kappa shape index (κ1) is 14.6. The average molecular weight is 279 g/mol. The summed E-state index contributed by atoms with van der Waals surface area (Å²) in [6.45, 7) is 3.52. The summed E-state index contributed by atoms with van der Waals surface area (Å²) in [4.78, 5) is 23.1. The average Bonchev–Trinajstić information content (AvgIpc) is 3.04. The van der Waals surface area contributed by atoms with Crippen LogP contribution < -0.4 is 5.32 Å². The summed E-state index contributed by atoms with van der Waals surface area (Å²) in [6.07, 6.45) is 6.37. The number of nitrogens with zero attached hydrogens (tertiary/aromatic N) is 2. The van der Waals surface area contributed by atoms with E-state index in [0.717, 1.165) is 12.8 Å². The van der Waals surface area contributed by atoms with Crippen LogP contribution in [-0.2, 0) is 4.79 Å². The predicted octanol–water partition coefficient (Wildman–Crippen LogP) is 1.84. The van der Waals surface area contributed by atoms with Crippen LogP contribution in [0.5, 0.6) is 0 Å². The van der Waals surface area contributed by atoms with E-state index in [2.05, 4.69) is 10.4 Å². The lowest BCUT2D eigenvalue weighted by Gasteiger charge is -2.17. The van der Waals surface area contributed by atoms with Crippen molar-refractivity contribution in [3.05, 3.63) is 18.0 Å². The van der Waals surface area contributed by atoms with Crippen LogP contribution in [0.1, 0.15) is 56.1 Å². The molecule has 0 saturated heterocycles. The second kappa shape index (κ2) is 6.07. The molecule has 1 aromatic rings. The lowest BCUT2D eigenvalue weighted by atomic mass is 10.0. The highest BCUT2D eigenvalue weighted by molar-refractivity contribution is 5.94. The van der Waals surface area contributed by atoms with Crippen LogP contribution in [0.15, 0.2) is 12.3 Å². The number of amides is 1. The lowest BCUT2D eigenvalue weighted by Crippen LogP contribution is -2.44. The Bertz CT molecular complexity index is 490. The molecule has 1 amide bonds. The van der Waals surface area contributed by atoms with E-state index in [4.69, 9.17) is 5.11 Å². The van der Waals surface area contributed by atoms with Crippen LogP contribution in [0.25, 0.3) is 0 Å². The van der Waals surface area contributed by atoms with E-state index in [0.29, 0.717) is 6.04 Å². The fraction of sp³-hybridized carbons (Fsp3) is 0.643. The molecular formula is C14H21N3O3. The summed E-state index contributed by atoms with van der Waals surface area (Å²) in [6, 6.07) is 1.13. The van der Waals surface area contributed by atoms with Crippen molar-refractivity contribution in [2.24, 2.45) is 5.92 Å². The maximum absolute atomic E-state index is 12.0. The van der Waals surface area contributed by atoms with E-state index >= 15 is 0 Å². The fourth-order valence-electron chi connectivity index (χ4n) is 2.56. The molecule has 0 unspecified atom stereocenters. The molecule has 110 valence electrons. The maximum atomic E-state index is 12.0. The smallest absolute Gasteiger partial charge is 0.326 e. The maximum Gasteiger partial charge on any atom is 0.326 e. The molecule has 0 spiro atoms. The minimum absolute atomic E-state index is 0.173. The molecule has 1 fully saturated rings. The number of nitrogens with one attached hydrogen (secondary N) is 1. The monoisotopic (exact) mass is 279 g/mol. The Balaban J connectivity index is 2.03. The van der Waals surface area contributed by atoms with Crippen LogP contribution in [-0.4, -0.2) is 32.8 Å². The summed E-state index contributed by atoms with van der Waals surface area (Å²) in [5.74, 6) is -1.63. The Morgan fingerprint density at radius 3 is 2.60 bits per heavy atom. The molecule has 6 nitrogen and oxygen atoms in total. The molecule has 0 aliphatic heterocycles. The number of aromatic nitrogens is 2. The van der Waals surface area contributed by atoms with Crippen molar-refractivity contribution in [1.82, 2.24) is 15.1 Å². The molecule has 0 aromatic carbocycles. The molecular weight excluding hydrogens is 258 g/mol. The highest BCUT2D eigenvalue weighted by atomic mass is 16.4. The number of rotatable bonds is 5. The van der Waals surface area contributed by atoms with Gasteiger partial charge < -0.3 is 10.4 Å². The van der Waals surface area contributed by atoms with E-state index in [1.807, 2.05) is 4.68 Å². The molecule has 2 rings (SSSR count). The second-order valence-corrected chi connectivity index (χ2v) is 5.65. The molecule has 1 aromatic heterocycles. The van der Waals surface area contributed by atoms with E-state index in [9.17, 15) is 9.59 Å². The number of carbonyl (C=O) groups excluding carboxylic acids is 1. The molecule has 6 heteroatoms. The first-order valence-electron chi connectivity index (χ1n) is 7.08. The SMILES string of the molecule is CC(C)[C@H](NC(=O)c1ccn(C2CCCC2)n1)C(=O)O. The van der Waals surface area contributed by atoms with Gasteiger partial charge in [-0.05, 0) is 24.8 Å². The first-order chi connectivity index (χ1) is 9.49. The largest absolute Gasteiger partial charge is 0.480 e. The zero-order chi connectivity index (χ0) is 14.7. The van der Waals surface area contributed by atoms with Crippen LogP contribution >= 0.6 is 0 Å². The van der Waals surface area contributed by atoms with Crippen LogP contribution in [0, 0.1) is 5.92 Å². The third-order valence-electron chi connectivity index (χ3n) is 3.76. The van der Waals surface area contributed by atoms with Crippen molar-refractivity contribution in [3.8, 4) is 0 Å². The molecule has 0 radical (unpaired) electrons. The van der Waals surface area contributed by atoms with Gasteiger partial charge in [-0.25, -0.2) is 4.79 Å². The fourth-order valence-corrected chi connectivity index (χ4v) is 2.56. The van der Waals surface area contributed by atoms with Crippen molar-refractivity contribution in [2.45, 2.75) is 51.6 Å². The van der Waals surface area contributed by atoms with Crippen molar-refractivity contribution in [3.63, 3.8) is 0 Å². The molecule has 1 heterocycles. The highest BCUT2D eigenvalue weighted by Gasteiger charge is 2.25. The summed E-state index contributed by atoms with van der Waals surface area (Å²) in [5, 5.41) is 15.9. The molecule has 1 atom stereocenters. The van der Waals surface area contributed by atoms with Gasteiger partial charge in [-0.1, -0.05) is 26.7 Å². The van der Waals surface area contributed by atoms with E-state index < -0.39 is 17.9 Å². The Hall–Kier alpha value is -1.85. The van der Waals surface area contributed by atoms with Gasteiger partial charge >= 0.3 is 5.97 Å². The lowest BCUT2D eigenvalue weighted by molar-refractivity contribution is -0.140. The molecule has 20 heavy (non-hydrogen) atoms. The molecule has 1 saturated carbocycles. The van der Waals surface area contributed by atoms with Gasteiger partial charge in [0.25, 0.3) is 5.91 Å². The van der Waals surface area contributed by atoms with Gasteiger partial charge in [-0.3, -0.25) is 9.48 Å². The van der Waals surface area contributed by atoms with Gasteiger partial charge in [0.1, 0.15) is 11.7 Å². The number of carbonyl (C=O) groups is 2. The summed E-state index contributed by atoms with van der Waals surface area (Å²) < 4.78 is 1.83. The standard InChI is InChI=1S/C14H21N3O3/c1-9(2)12(14(19)20)15-13(18)11-7-8-17(16-11)10-5-3-4-6-10/h7-10,12H,3-6H2,1-2H3,(H,15,18)(H,19,20)/t12-/m0/s1. The number of aliphatic carboxylic acids is 1. The number of hydrogen-bond donors (Lipinski definition) is 2. The van der Waals surface area contributed by atoms with Gasteiger partial charge in [0.15, 0.2) is 0 Å². The minimum Gasteiger partial charge on any atom is -0.480 e. The van der Waals surface area contributed by atoms with Crippen LogP contribution in [0.2, 0.25) is 0 Å². The Morgan fingerprint density at radius 2 is 2.05 bits per heavy atom. The number of carboxylic acid groups (broad SMARTS) is 1. The van der Waals surface area contributed by atoms with Crippen molar-refractivity contribution in [1.29, 1.82) is 0 Å². The van der Waals surface area contributed by atoms with Gasteiger partial charge in [0, 0.05) is 6.20 Å². The molecule has 0 bridgehead atoms. The summed E-state index contributed by atoms with van der Waals surface area (Å²) >= 11 is 0. The van der Waals surface area contributed by atoms with Crippen molar-refractivity contribution in [2.75, 3.05) is 0 Å². The van der Waals surface area contributed by atoms with Gasteiger partial charge in [-0.2, -0.15) is 5.10 Å². The van der Waals surface area contributed by atoms with Gasteiger partial charge in [-0.15, -0.1) is 0 Å². The van der Waals surface area contributed by atoms with Crippen molar-refractivity contribution >= 4 is 11.9 Å². The molecule has 2 N–H and O–H groups in total. The summed E-state index contributed by atoms with van der Waals surface area (Å²) in [7, 11) is 0. The Kier molecular flexibility index (Phi) is 4.42. The molecule has 1 aliphatic carbocycles. The zero-order valence-corrected chi connectivity index (χ0v) is 11.9. The third-order valence-corrected chi connectivity index (χ3v) is 3.76. The van der Waals surface area contributed by atoms with Gasteiger partial charge in [0.2, 0.25) is 0 Å². The van der Waals surface area contributed by atoms with Crippen LogP contribution in [0.4, 0.5) is 0 Å². The van der Waals surface area contributed by atoms with Crippen LogP contribution in [0.3, 0.4) is 0 Å². The van der Waals surface area contributed by atoms with Crippen molar-refractivity contribution < 1.29 is 14.7 Å². The topological polar surface area (TPSA) is 84.2 Å². The second-order valence-electron chi connectivity index (χ2n) is 5.65. The zero-order valence-electron chi connectivity index (χ0n) is 11.9. The van der Waals surface area contributed by atoms with E-state index in [-0.39, 0.29) is 11.6 Å². The first-order valence-corrected chi connectivity index (χ1v) is 7.08. The number of hydrogen-bond acceptors (Lipinski definition) is 3. The van der Waals surface area contributed by atoms with Gasteiger partial charge in [0.05, 0.1) is 6.04 Å². The van der Waals surface area contributed by atoms with E-state index in [1.54, 1.807) is 26.1 Å². The third kappa shape index (κ3) is 3.18. The number of carboxylic acids is 1. The normalized spacial score (nSPS) is 17.4.